The number of thioether (sulfide) groups is 1. The first-order valence-electron chi connectivity index (χ1n) is 7.36. The van der Waals surface area contributed by atoms with E-state index in [0.29, 0.717) is 17.2 Å². The third-order valence-electron chi connectivity index (χ3n) is 3.88. The van der Waals surface area contributed by atoms with Crippen LogP contribution in [0.4, 0.5) is 0 Å². The smallest absolute Gasteiger partial charge is 0.244 e. The van der Waals surface area contributed by atoms with Gasteiger partial charge in [0.25, 0.3) is 0 Å². The Bertz CT molecular complexity index is 770. The molecule has 0 amide bonds. The van der Waals surface area contributed by atoms with Crippen molar-refractivity contribution < 1.29 is 13.2 Å². The lowest BCUT2D eigenvalue weighted by molar-refractivity contribution is 0.414. The monoisotopic (exact) mass is 349 g/mol. The fourth-order valence-electron chi connectivity index (χ4n) is 2.58. The van der Waals surface area contributed by atoms with Gasteiger partial charge in [-0.25, -0.2) is 8.42 Å². The summed E-state index contributed by atoms with van der Waals surface area (Å²) in [7, 11) is -1.95. The minimum atomic E-state index is -3.51. The van der Waals surface area contributed by atoms with Crippen LogP contribution in [0.5, 0.6) is 5.75 Å². The number of sulfonamides is 1. The molecule has 0 aliphatic carbocycles. The van der Waals surface area contributed by atoms with Gasteiger partial charge >= 0.3 is 0 Å². The minimum Gasteiger partial charge on any atom is -0.497 e. The van der Waals surface area contributed by atoms with E-state index in [9.17, 15) is 8.42 Å². The van der Waals surface area contributed by atoms with Crippen LogP contribution in [0.2, 0.25) is 0 Å². The van der Waals surface area contributed by atoms with Gasteiger partial charge in [-0.2, -0.15) is 4.31 Å². The van der Waals surface area contributed by atoms with E-state index < -0.39 is 10.0 Å². The summed E-state index contributed by atoms with van der Waals surface area (Å²) in [6.45, 7) is 2.55. The maximum absolute atomic E-state index is 13.0. The highest BCUT2D eigenvalue weighted by Gasteiger charge is 2.36. The molecule has 0 saturated carbocycles. The normalized spacial score (nSPS) is 19.0. The summed E-state index contributed by atoms with van der Waals surface area (Å²) in [5, 5.41) is -0.164. The van der Waals surface area contributed by atoms with E-state index in [1.54, 1.807) is 47.4 Å². The molecule has 0 N–H and O–H groups in total. The Labute approximate surface area is 141 Å². The third kappa shape index (κ3) is 3.24. The number of rotatable bonds is 4. The zero-order chi connectivity index (χ0) is 16.4. The maximum atomic E-state index is 13.0. The van der Waals surface area contributed by atoms with Crippen LogP contribution in [0.15, 0.2) is 53.4 Å². The topological polar surface area (TPSA) is 46.6 Å². The van der Waals surface area contributed by atoms with Gasteiger partial charge < -0.3 is 4.74 Å². The molecule has 1 heterocycles. The molecule has 1 saturated heterocycles. The van der Waals surface area contributed by atoms with E-state index in [4.69, 9.17) is 4.74 Å². The van der Waals surface area contributed by atoms with Gasteiger partial charge in [-0.3, -0.25) is 0 Å². The summed E-state index contributed by atoms with van der Waals surface area (Å²) in [5.74, 6) is 1.45. The first-order valence-corrected chi connectivity index (χ1v) is 9.85. The van der Waals surface area contributed by atoms with Crippen molar-refractivity contribution in [2.75, 3.05) is 19.4 Å². The fraction of sp³-hybridized carbons (Fsp3) is 0.294. The van der Waals surface area contributed by atoms with Crippen molar-refractivity contribution in [2.24, 2.45) is 0 Å². The van der Waals surface area contributed by atoms with Gasteiger partial charge in [0.1, 0.15) is 5.75 Å². The highest BCUT2D eigenvalue weighted by Crippen LogP contribution is 2.41. The standard InChI is InChI=1S/C17H19NO3S2/c1-13-3-5-14(6-4-13)17-18(11-12-22-17)23(19,20)16-9-7-15(21-2)8-10-16/h3-10,17H,11-12H2,1-2H3. The van der Waals surface area contributed by atoms with E-state index in [2.05, 4.69) is 0 Å². The molecule has 2 aromatic carbocycles. The van der Waals surface area contributed by atoms with Crippen molar-refractivity contribution in [3.63, 3.8) is 0 Å². The van der Waals surface area contributed by atoms with Crippen LogP contribution >= 0.6 is 11.8 Å². The van der Waals surface area contributed by atoms with Gasteiger partial charge in [-0.15, -0.1) is 11.8 Å². The summed E-state index contributed by atoms with van der Waals surface area (Å²) in [5.41, 5.74) is 2.19. The molecule has 23 heavy (non-hydrogen) atoms. The number of methoxy groups -OCH3 is 1. The molecular weight excluding hydrogens is 330 g/mol. The molecule has 3 rings (SSSR count). The molecule has 122 valence electrons. The van der Waals surface area contributed by atoms with Crippen LogP contribution in [0.25, 0.3) is 0 Å². The second-order valence-electron chi connectivity index (χ2n) is 5.43. The molecule has 1 fully saturated rings. The lowest BCUT2D eigenvalue weighted by Gasteiger charge is -2.23. The molecule has 4 nitrogen and oxygen atoms in total. The summed E-state index contributed by atoms with van der Waals surface area (Å²) in [6.07, 6.45) is 0. The summed E-state index contributed by atoms with van der Waals surface area (Å²) in [6, 6.07) is 14.6. The van der Waals surface area contributed by atoms with Crippen LogP contribution in [0, 0.1) is 6.92 Å². The number of hydrogen-bond donors (Lipinski definition) is 0. The Morgan fingerprint density at radius 1 is 1.09 bits per heavy atom. The molecule has 1 aliphatic heterocycles. The average molecular weight is 349 g/mol. The molecule has 0 bridgehead atoms. The predicted molar refractivity (Wildman–Crippen MR) is 93.3 cm³/mol. The van der Waals surface area contributed by atoms with E-state index >= 15 is 0 Å². The number of ether oxygens (including phenoxy) is 1. The van der Waals surface area contributed by atoms with Crippen molar-refractivity contribution in [2.45, 2.75) is 17.2 Å². The molecule has 6 heteroatoms. The van der Waals surface area contributed by atoms with Crippen LogP contribution in [0.3, 0.4) is 0 Å². The Morgan fingerprint density at radius 2 is 1.74 bits per heavy atom. The largest absolute Gasteiger partial charge is 0.497 e. The van der Waals surface area contributed by atoms with Crippen molar-refractivity contribution in [3.05, 3.63) is 59.7 Å². The van der Waals surface area contributed by atoms with Gasteiger partial charge in [-0.1, -0.05) is 29.8 Å². The van der Waals surface area contributed by atoms with Crippen molar-refractivity contribution in [1.82, 2.24) is 4.31 Å². The summed E-state index contributed by atoms with van der Waals surface area (Å²) < 4.78 is 32.6. The zero-order valence-electron chi connectivity index (χ0n) is 13.1. The van der Waals surface area contributed by atoms with E-state index in [0.717, 1.165) is 11.3 Å². The van der Waals surface area contributed by atoms with Crippen molar-refractivity contribution >= 4 is 21.8 Å². The number of aryl methyl sites for hydroxylation is 1. The Kier molecular flexibility index (Phi) is 4.66. The molecule has 1 aliphatic rings. The predicted octanol–water partition coefficient (Wildman–Crippen LogP) is 3.44. The number of benzene rings is 2. The number of nitrogens with zero attached hydrogens (tertiary/aromatic N) is 1. The van der Waals surface area contributed by atoms with Gasteiger partial charge in [0.2, 0.25) is 10.0 Å². The minimum absolute atomic E-state index is 0.164. The lowest BCUT2D eigenvalue weighted by atomic mass is 10.1. The number of hydrogen-bond acceptors (Lipinski definition) is 4. The van der Waals surface area contributed by atoms with Gasteiger partial charge in [-0.05, 0) is 36.8 Å². The maximum Gasteiger partial charge on any atom is 0.244 e. The average Bonchev–Trinajstić information content (AvgIpc) is 3.06. The molecule has 0 spiro atoms. The molecule has 1 unspecified atom stereocenters. The van der Waals surface area contributed by atoms with Crippen LogP contribution in [0.1, 0.15) is 16.5 Å². The second-order valence-corrected chi connectivity index (χ2v) is 8.50. The second kappa shape index (κ2) is 6.55. The first kappa shape index (κ1) is 16.4. The Balaban J connectivity index is 1.92. The van der Waals surface area contributed by atoms with Gasteiger partial charge in [0.05, 0.1) is 17.4 Å². The Hall–Kier alpha value is -1.50. The van der Waals surface area contributed by atoms with E-state index in [1.165, 1.54) is 5.56 Å². The van der Waals surface area contributed by atoms with Crippen LogP contribution < -0.4 is 4.74 Å². The van der Waals surface area contributed by atoms with Gasteiger partial charge in [0, 0.05) is 12.3 Å². The van der Waals surface area contributed by atoms with E-state index in [-0.39, 0.29) is 5.37 Å². The zero-order valence-corrected chi connectivity index (χ0v) is 14.7. The molecular formula is C17H19NO3S2. The molecule has 2 aromatic rings. The van der Waals surface area contributed by atoms with E-state index in [1.807, 2.05) is 31.2 Å². The fourth-order valence-corrected chi connectivity index (χ4v) is 5.82. The van der Waals surface area contributed by atoms with Crippen LogP contribution in [-0.4, -0.2) is 32.1 Å². The quantitative estimate of drug-likeness (QED) is 0.848. The highest BCUT2D eigenvalue weighted by atomic mass is 32.2. The van der Waals surface area contributed by atoms with Gasteiger partial charge in [0.15, 0.2) is 0 Å². The highest BCUT2D eigenvalue weighted by molar-refractivity contribution is 8.01. The third-order valence-corrected chi connectivity index (χ3v) is 7.15. The summed E-state index contributed by atoms with van der Waals surface area (Å²) >= 11 is 1.66. The Morgan fingerprint density at radius 3 is 2.35 bits per heavy atom. The van der Waals surface area contributed by atoms with Crippen molar-refractivity contribution in [3.8, 4) is 5.75 Å². The molecule has 0 aromatic heterocycles. The van der Waals surface area contributed by atoms with Crippen molar-refractivity contribution in [1.29, 1.82) is 0 Å². The SMILES string of the molecule is COc1ccc(S(=O)(=O)N2CCSC2c2ccc(C)cc2)cc1. The summed E-state index contributed by atoms with van der Waals surface area (Å²) in [4.78, 5) is 0.304. The molecule has 1 atom stereocenters. The lowest BCUT2D eigenvalue weighted by Crippen LogP contribution is -2.30. The first-order chi connectivity index (χ1) is 11.0. The van der Waals surface area contributed by atoms with Crippen LogP contribution in [-0.2, 0) is 10.0 Å². The molecule has 0 radical (unpaired) electrons.